The van der Waals surface area contributed by atoms with Crippen LogP contribution in [0.5, 0.6) is 17.2 Å². The summed E-state index contributed by atoms with van der Waals surface area (Å²) in [6.07, 6.45) is 4.79. The number of hydrogen-bond acceptors (Lipinski definition) is 5. The van der Waals surface area contributed by atoms with Crippen molar-refractivity contribution in [2.75, 3.05) is 27.9 Å². The van der Waals surface area contributed by atoms with Gasteiger partial charge in [-0.05, 0) is 12.8 Å². The van der Waals surface area contributed by atoms with E-state index in [0.717, 1.165) is 18.4 Å². The summed E-state index contributed by atoms with van der Waals surface area (Å²) in [5.41, 5.74) is 0.843. The number of ether oxygens (including phenoxy) is 3. The van der Waals surface area contributed by atoms with E-state index in [2.05, 4.69) is 5.32 Å². The van der Waals surface area contributed by atoms with Gasteiger partial charge in [0.2, 0.25) is 0 Å². The number of benzene rings is 1. The maximum atomic E-state index is 9.80. The molecular formula is C16H25NO4. The molecule has 0 bridgehead atoms. The van der Waals surface area contributed by atoms with Crippen molar-refractivity contribution in [1.29, 1.82) is 0 Å². The number of nitrogens with one attached hydrogen (secondary N) is 1. The monoisotopic (exact) mass is 295 g/mol. The van der Waals surface area contributed by atoms with E-state index in [9.17, 15) is 5.11 Å². The van der Waals surface area contributed by atoms with Crippen molar-refractivity contribution >= 4 is 0 Å². The van der Waals surface area contributed by atoms with E-state index in [1.165, 1.54) is 12.8 Å². The topological polar surface area (TPSA) is 60.0 Å². The molecule has 0 heterocycles. The number of aliphatic hydroxyl groups is 1. The second-order valence-electron chi connectivity index (χ2n) is 5.33. The molecule has 1 unspecified atom stereocenters. The van der Waals surface area contributed by atoms with Gasteiger partial charge in [-0.15, -0.1) is 0 Å². The van der Waals surface area contributed by atoms with Crippen molar-refractivity contribution in [3.63, 3.8) is 0 Å². The maximum absolute atomic E-state index is 9.80. The molecule has 5 heteroatoms. The molecule has 1 saturated carbocycles. The van der Waals surface area contributed by atoms with Crippen molar-refractivity contribution in [2.45, 2.75) is 37.8 Å². The number of aliphatic hydroxyl groups excluding tert-OH is 1. The lowest BCUT2D eigenvalue weighted by atomic mass is 10.0. The molecule has 0 spiro atoms. The fourth-order valence-electron chi connectivity index (χ4n) is 2.98. The van der Waals surface area contributed by atoms with Crippen LogP contribution in [0.15, 0.2) is 12.1 Å². The van der Waals surface area contributed by atoms with E-state index >= 15 is 0 Å². The van der Waals surface area contributed by atoms with Crippen LogP contribution in [0.2, 0.25) is 0 Å². The van der Waals surface area contributed by atoms with Gasteiger partial charge < -0.3 is 24.6 Å². The van der Waals surface area contributed by atoms with Crippen LogP contribution < -0.4 is 19.5 Å². The smallest absolute Gasteiger partial charge is 0.131 e. The van der Waals surface area contributed by atoms with E-state index in [-0.39, 0.29) is 12.6 Å². The minimum absolute atomic E-state index is 0.00442. The Bertz CT molecular complexity index is 433. The first-order chi connectivity index (χ1) is 10.2. The normalized spacial score (nSPS) is 16.8. The van der Waals surface area contributed by atoms with E-state index in [0.29, 0.717) is 23.3 Å². The van der Waals surface area contributed by atoms with Crippen LogP contribution in [0.4, 0.5) is 0 Å². The average Bonchev–Trinajstić information content (AvgIpc) is 3.04. The Labute approximate surface area is 126 Å². The third kappa shape index (κ3) is 3.60. The molecule has 1 atom stereocenters. The van der Waals surface area contributed by atoms with E-state index < -0.39 is 0 Å². The highest BCUT2D eigenvalue weighted by molar-refractivity contribution is 5.52. The molecule has 0 saturated heterocycles. The Balaban J connectivity index is 2.33. The molecule has 1 aliphatic carbocycles. The van der Waals surface area contributed by atoms with Gasteiger partial charge in [0.1, 0.15) is 17.2 Å². The molecule has 0 radical (unpaired) electrons. The molecular weight excluding hydrogens is 270 g/mol. The van der Waals surface area contributed by atoms with Crippen molar-refractivity contribution < 1.29 is 19.3 Å². The number of hydrogen-bond donors (Lipinski definition) is 2. The minimum Gasteiger partial charge on any atom is -0.496 e. The van der Waals surface area contributed by atoms with Crippen molar-refractivity contribution in [2.24, 2.45) is 0 Å². The van der Waals surface area contributed by atoms with E-state index in [1.807, 2.05) is 12.1 Å². The largest absolute Gasteiger partial charge is 0.496 e. The maximum Gasteiger partial charge on any atom is 0.131 e. The zero-order valence-electron chi connectivity index (χ0n) is 13.0. The van der Waals surface area contributed by atoms with Crippen molar-refractivity contribution in [3.05, 3.63) is 17.7 Å². The Morgan fingerprint density at radius 2 is 1.67 bits per heavy atom. The Hall–Kier alpha value is -1.46. The lowest BCUT2D eigenvalue weighted by Gasteiger charge is -2.25. The summed E-state index contributed by atoms with van der Waals surface area (Å²) in [4.78, 5) is 0. The summed E-state index contributed by atoms with van der Waals surface area (Å²) < 4.78 is 16.2. The summed E-state index contributed by atoms with van der Waals surface area (Å²) in [5.74, 6) is 2.00. The van der Waals surface area contributed by atoms with Crippen LogP contribution in [0.25, 0.3) is 0 Å². The fraction of sp³-hybridized carbons (Fsp3) is 0.625. The lowest BCUT2D eigenvalue weighted by Crippen LogP contribution is -2.33. The van der Waals surface area contributed by atoms with Crippen LogP contribution in [-0.2, 0) is 0 Å². The predicted octanol–water partition coefficient (Wildman–Crippen LogP) is 2.28. The first-order valence-corrected chi connectivity index (χ1v) is 7.40. The molecule has 2 N–H and O–H groups in total. The molecule has 0 aliphatic heterocycles. The molecule has 1 fully saturated rings. The first kappa shape index (κ1) is 15.9. The van der Waals surface area contributed by atoms with Crippen molar-refractivity contribution in [3.8, 4) is 17.2 Å². The van der Waals surface area contributed by atoms with Gasteiger partial charge >= 0.3 is 0 Å². The standard InChI is InChI=1S/C16H25NO4/c1-19-12-8-14(20-2)16(15(9-12)21-3)13(10-18)17-11-6-4-5-7-11/h8-9,11,13,17-18H,4-7,10H2,1-3H3. The SMILES string of the molecule is COc1cc(OC)c(C(CO)NC2CCCC2)c(OC)c1. The van der Waals surface area contributed by atoms with Gasteiger partial charge in [0.15, 0.2) is 0 Å². The zero-order chi connectivity index (χ0) is 15.2. The van der Waals surface area contributed by atoms with Gasteiger partial charge in [-0.1, -0.05) is 12.8 Å². The van der Waals surface area contributed by atoms with Gasteiger partial charge in [0, 0.05) is 18.2 Å². The lowest BCUT2D eigenvalue weighted by molar-refractivity contribution is 0.225. The van der Waals surface area contributed by atoms with Gasteiger partial charge in [-0.25, -0.2) is 0 Å². The molecule has 21 heavy (non-hydrogen) atoms. The first-order valence-electron chi connectivity index (χ1n) is 7.40. The van der Waals surface area contributed by atoms with Crippen LogP contribution in [0, 0.1) is 0 Å². The average molecular weight is 295 g/mol. The van der Waals surface area contributed by atoms with Crippen LogP contribution in [-0.4, -0.2) is 39.1 Å². The van der Waals surface area contributed by atoms with Gasteiger partial charge in [-0.3, -0.25) is 0 Å². The number of methoxy groups -OCH3 is 3. The highest BCUT2D eigenvalue weighted by Gasteiger charge is 2.25. The van der Waals surface area contributed by atoms with Crippen molar-refractivity contribution in [1.82, 2.24) is 5.32 Å². The summed E-state index contributed by atoms with van der Waals surface area (Å²) in [6, 6.07) is 3.87. The molecule has 2 rings (SSSR count). The quantitative estimate of drug-likeness (QED) is 0.808. The molecule has 0 aromatic heterocycles. The van der Waals surface area contributed by atoms with Gasteiger partial charge in [0.05, 0.1) is 39.5 Å². The summed E-state index contributed by atoms with van der Waals surface area (Å²) >= 11 is 0. The fourth-order valence-corrected chi connectivity index (χ4v) is 2.98. The zero-order valence-corrected chi connectivity index (χ0v) is 13.0. The molecule has 0 amide bonds. The molecule has 1 aromatic carbocycles. The molecule has 5 nitrogen and oxygen atoms in total. The summed E-state index contributed by atoms with van der Waals surface area (Å²) in [6.45, 7) is -0.00442. The Morgan fingerprint density at radius 1 is 1.10 bits per heavy atom. The molecule has 1 aliphatic rings. The summed E-state index contributed by atoms with van der Waals surface area (Å²) in [5, 5.41) is 13.3. The van der Waals surface area contributed by atoms with Crippen LogP contribution >= 0.6 is 0 Å². The number of rotatable bonds is 7. The minimum atomic E-state index is -0.205. The van der Waals surface area contributed by atoms with Gasteiger partial charge in [-0.2, -0.15) is 0 Å². The Morgan fingerprint density at radius 3 is 2.10 bits per heavy atom. The highest BCUT2D eigenvalue weighted by atomic mass is 16.5. The van der Waals surface area contributed by atoms with Crippen LogP contribution in [0.1, 0.15) is 37.3 Å². The third-order valence-electron chi connectivity index (χ3n) is 4.08. The molecule has 118 valence electrons. The predicted molar refractivity (Wildman–Crippen MR) is 81.3 cm³/mol. The second kappa shape index (κ2) is 7.52. The van der Waals surface area contributed by atoms with Crippen LogP contribution in [0.3, 0.4) is 0 Å². The van der Waals surface area contributed by atoms with Gasteiger partial charge in [0.25, 0.3) is 0 Å². The molecule has 1 aromatic rings. The second-order valence-corrected chi connectivity index (χ2v) is 5.33. The van der Waals surface area contributed by atoms with E-state index in [4.69, 9.17) is 14.2 Å². The highest BCUT2D eigenvalue weighted by Crippen LogP contribution is 2.38. The Kier molecular flexibility index (Phi) is 5.70. The van der Waals surface area contributed by atoms with E-state index in [1.54, 1.807) is 21.3 Å². The third-order valence-corrected chi connectivity index (χ3v) is 4.08. The summed E-state index contributed by atoms with van der Waals surface area (Å²) in [7, 11) is 4.83.